The van der Waals surface area contributed by atoms with Crippen LogP contribution < -0.4 is 56.8 Å². The number of benzene rings is 1. The number of hydrogen-bond acceptors (Lipinski definition) is 1. The van der Waals surface area contributed by atoms with Crippen LogP contribution in [0.3, 0.4) is 0 Å². The van der Waals surface area contributed by atoms with Gasteiger partial charge in [0.1, 0.15) is 0 Å². The van der Waals surface area contributed by atoms with Gasteiger partial charge in [0.25, 0.3) is 0 Å². The second kappa shape index (κ2) is 6.90. The summed E-state index contributed by atoms with van der Waals surface area (Å²) in [6, 6.07) is 6.19. The zero-order valence-electron chi connectivity index (χ0n) is 10.9. The standard InChI is InChI=1S/C12H16BF3N.K/c1-10-4-3-7-17(10)9-11-5-2-6-12(8-11)13(14,15)16;/h2,5-6,8,10H,3-4,7,9H2,1H3;/q-1;+1. The first-order chi connectivity index (χ1) is 7.97. The van der Waals surface area contributed by atoms with Gasteiger partial charge < -0.3 is 12.9 Å². The quantitative estimate of drug-likeness (QED) is 0.689. The van der Waals surface area contributed by atoms with Gasteiger partial charge in [0.15, 0.2) is 0 Å². The molecule has 1 heterocycles. The molecule has 1 nitrogen and oxygen atoms in total. The summed E-state index contributed by atoms with van der Waals surface area (Å²) in [5.41, 5.74) is 0.268. The van der Waals surface area contributed by atoms with Gasteiger partial charge in [0.2, 0.25) is 0 Å². The SMILES string of the molecule is CC1CCCN1Cc1cccc([B-](F)(F)F)c1.[K+]. The Balaban J connectivity index is 0.00000162. The maximum absolute atomic E-state index is 12.6. The van der Waals surface area contributed by atoms with Gasteiger partial charge in [-0.1, -0.05) is 24.3 Å². The van der Waals surface area contributed by atoms with Crippen molar-refractivity contribution in [3.8, 4) is 0 Å². The molecule has 1 aliphatic heterocycles. The van der Waals surface area contributed by atoms with Crippen LogP contribution >= 0.6 is 0 Å². The van der Waals surface area contributed by atoms with E-state index in [4.69, 9.17) is 0 Å². The Hall–Kier alpha value is 0.671. The normalized spacial score (nSPS) is 20.8. The van der Waals surface area contributed by atoms with E-state index in [0.717, 1.165) is 31.0 Å². The second-order valence-electron chi connectivity index (χ2n) is 4.78. The molecule has 0 spiro atoms. The molecule has 94 valence electrons. The van der Waals surface area contributed by atoms with Crippen molar-refractivity contribution in [2.45, 2.75) is 32.4 Å². The molecular weight excluding hydrogens is 265 g/mol. The van der Waals surface area contributed by atoms with E-state index in [2.05, 4.69) is 11.8 Å². The van der Waals surface area contributed by atoms with Crippen molar-refractivity contribution >= 4 is 12.4 Å². The van der Waals surface area contributed by atoms with Crippen LogP contribution in [-0.4, -0.2) is 24.5 Å². The molecule has 1 unspecified atom stereocenters. The van der Waals surface area contributed by atoms with E-state index in [9.17, 15) is 12.9 Å². The minimum Gasteiger partial charge on any atom is -0.445 e. The molecule has 0 aromatic heterocycles. The topological polar surface area (TPSA) is 3.24 Å². The van der Waals surface area contributed by atoms with Crippen molar-refractivity contribution in [1.82, 2.24) is 4.90 Å². The van der Waals surface area contributed by atoms with Crippen molar-refractivity contribution < 1.29 is 64.3 Å². The first-order valence-corrected chi connectivity index (χ1v) is 5.99. The Morgan fingerprint density at radius 2 is 2.06 bits per heavy atom. The van der Waals surface area contributed by atoms with Crippen LogP contribution in [0.5, 0.6) is 0 Å². The second-order valence-corrected chi connectivity index (χ2v) is 4.78. The summed E-state index contributed by atoms with van der Waals surface area (Å²) in [6.07, 6.45) is 2.28. The molecule has 0 bridgehead atoms. The molecule has 1 aromatic rings. The number of rotatable bonds is 3. The van der Waals surface area contributed by atoms with Crippen molar-refractivity contribution in [3.63, 3.8) is 0 Å². The molecule has 6 heteroatoms. The Morgan fingerprint density at radius 3 is 2.61 bits per heavy atom. The molecule has 1 saturated heterocycles. The molecule has 0 radical (unpaired) electrons. The smallest absolute Gasteiger partial charge is 0.445 e. The van der Waals surface area contributed by atoms with Crippen molar-refractivity contribution in [1.29, 1.82) is 0 Å². The summed E-state index contributed by atoms with van der Waals surface area (Å²) in [5, 5.41) is 0. The fourth-order valence-electron chi connectivity index (χ4n) is 2.36. The van der Waals surface area contributed by atoms with Gasteiger partial charge in [-0.05, 0) is 31.9 Å². The van der Waals surface area contributed by atoms with Gasteiger partial charge in [-0.15, -0.1) is 5.46 Å². The maximum Gasteiger partial charge on any atom is 1.00 e. The molecule has 0 aliphatic carbocycles. The molecule has 18 heavy (non-hydrogen) atoms. The summed E-state index contributed by atoms with van der Waals surface area (Å²) in [7, 11) is 0. The number of likely N-dealkylation sites (tertiary alicyclic amines) is 1. The Labute approximate surface area is 149 Å². The molecule has 0 N–H and O–H groups in total. The maximum atomic E-state index is 12.6. The van der Waals surface area contributed by atoms with E-state index in [1.807, 2.05) is 0 Å². The Morgan fingerprint density at radius 1 is 1.33 bits per heavy atom. The third-order valence-electron chi connectivity index (χ3n) is 3.41. The monoisotopic (exact) mass is 281 g/mol. The van der Waals surface area contributed by atoms with Crippen molar-refractivity contribution in [2.24, 2.45) is 0 Å². The van der Waals surface area contributed by atoms with Gasteiger partial charge in [-0.3, -0.25) is 4.90 Å². The zero-order chi connectivity index (χ0) is 12.5. The Bertz CT molecular complexity index is 397. The zero-order valence-corrected chi connectivity index (χ0v) is 14.0. The molecule has 2 rings (SSSR count). The summed E-state index contributed by atoms with van der Waals surface area (Å²) < 4.78 is 37.8. The van der Waals surface area contributed by atoms with E-state index >= 15 is 0 Å². The Kier molecular flexibility index (Phi) is 6.42. The fourth-order valence-corrected chi connectivity index (χ4v) is 2.36. The third-order valence-corrected chi connectivity index (χ3v) is 3.41. The average Bonchev–Trinajstić information content (AvgIpc) is 2.64. The van der Waals surface area contributed by atoms with Gasteiger partial charge in [-0.2, -0.15) is 0 Å². The summed E-state index contributed by atoms with van der Waals surface area (Å²) in [6.45, 7) is -1.13. The third kappa shape index (κ3) is 4.35. The van der Waals surface area contributed by atoms with Crippen LogP contribution in [0.25, 0.3) is 0 Å². The van der Waals surface area contributed by atoms with E-state index in [1.165, 1.54) is 12.1 Å². The molecule has 1 aliphatic rings. The first kappa shape index (κ1) is 16.7. The molecule has 0 amide bonds. The number of nitrogens with zero attached hydrogens (tertiary/aromatic N) is 1. The van der Waals surface area contributed by atoms with Gasteiger partial charge >= 0.3 is 58.4 Å². The molecule has 1 fully saturated rings. The van der Waals surface area contributed by atoms with Gasteiger partial charge in [0.05, 0.1) is 0 Å². The van der Waals surface area contributed by atoms with Gasteiger partial charge in [0, 0.05) is 12.6 Å². The minimum atomic E-state index is -4.88. The summed E-state index contributed by atoms with van der Waals surface area (Å²) in [5.74, 6) is 0. The van der Waals surface area contributed by atoms with Crippen LogP contribution in [0.2, 0.25) is 0 Å². The van der Waals surface area contributed by atoms with Crippen LogP contribution in [-0.2, 0) is 6.54 Å². The summed E-state index contributed by atoms with van der Waals surface area (Å²) >= 11 is 0. The fraction of sp³-hybridized carbons (Fsp3) is 0.500. The van der Waals surface area contributed by atoms with E-state index in [1.54, 1.807) is 6.07 Å². The number of halogens is 3. The molecule has 1 aromatic carbocycles. The van der Waals surface area contributed by atoms with Crippen molar-refractivity contribution in [2.75, 3.05) is 6.54 Å². The molecule has 1 atom stereocenters. The van der Waals surface area contributed by atoms with Crippen molar-refractivity contribution in [3.05, 3.63) is 29.8 Å². The largest absolute Gasteiger partial charge is 1.00 e. The predicted octanol–water partition coefficient (Wildman–Crippen LogP) is -0.271. The van der Waals surface area contributed by atoms with E-state index in [0.29, 0.717) is 12.6 Å². The summed E-state index contributed by atoms with van der Waals surface area (Å²) in [4.78, 5) is 2.24. The van der Waals surface area contributed by atoms with Crippen LogP contribution in [0.4, 0.5) is 12.9 Å². The molecular formula is C12H16BF3KN. The predicted molar refractivity (Wildman–Crippen MR) is 64.3 cm³/mol. The number of hydrogen-bond donors (Lipinski definition) is 0. The van der Waals surface area contributed by atoms with Crippen LogP contribution in [0.1, 0.15) is 25.3 Å². The van der Waals surface area contributed by atoms with E-state index in [-0.39, 0.29) is 51.4 Å². The van der Waals surface area contributed by atoms with E-state index < -0.39 is 12.4 Å². The minimum absolute atomic E-state index is 0. The first-order valence-electron chi connectivity index (χ1n) is 5.99. The molecule has 0 saturated carbocycles. The van der Waals surface area contributed by atoms with Crippen LogP contribution in [0, 0.1) is 0 Å². The van der Waals surface area contributed by atoms with Gasteiger partial charge in [-0.25, -0.2) is 0 Å². The van der Waals surface area contributed by atoms with Crippen LogP contribution in [0.15, 0.2) is 24.3 Å². The average molecular weight is 281 g/mol.